The third-order valence-corrected chi connectivity index (χ3v) is 3.64. The summed E-state index contributed by atoms with van der Waals surface area (Å²) in [6.07, 6.45) is 1.41. The molecule has 1 heterocycles. The Balaban J connectivity index is 1.90. The largest absolute Gasteiger partial charge is 0.396 e. The van der Waals surface area contributed by atoms with E-state index in [4.69, 9.17) is 28.9 Å². The topological polar surface area (TPSA) is 80.9 Å². The summed E-state index contributed by atoms with van der Waals surface area (Å²) in [7, 11) is 0. The molecule has 5 nitrogen and oxygen atoms in total. The van der Waals surface area contributed by atoms with Crippen molar-refractivity contribution >= 4 is 51.5 Å². The van der Waals surface area contributed by atoms with Gasteiger partial charge < -0.3 is 11.1 Å². The van der Waals surface area contributed by atoms with Crippen molar-refractivity contribution in [1.29, 1.82) is 0 Å². The highest BCUT2D eigenvalue weighted by atomic mass is 35.5. The molecule has 2 aromatic carbocycles. The van der Waals surface area contributed by atoms with Crippen LogP contribution in [0.25, 0.3) is 11.0 Å². The van der Waals surface area contributed by atoms with Crippen LogP contribution in [-0.2, 0) is 0 Å². The zero-order chi connectivity index (χ0) is 15.7. The molecule has 0 unspecified atom stereocenters. The standard InChI is InChI=1S/C15H10Cl2N4O/c16-9-5-8(6-10(17)14(9)18)20-15(22)13-7-19-11-3-1-2-4-12(11)21-13/h1-7H,18H2,(H,20,22). The lowest BCUT2D eigenvalue weighted by Crippen LogP contribution is -2.14. The van der Waals surface area contributed by atoms with Crippen LogP contribution in [0.4, 0.5) is 11.4 Å². The van der Waals surface area contributed by atoms with Crippen molar-refractivity contribution in [2.75, 3.05) is 11.1 Å². The maximum atomic E-state index is 12.2. The van der Waals surface area contributed by atoms with Crippen molar-refractivity contribution in [3.05, 3.63) is 58.3 Å². The van der Waals surface area contributed by atoms with Gasteiger partial charge in [-0.3, -0.25) is 9.78 Å². The summed E-state index contributed by atoms with van der Waals surface area (Å²) in [6, 6.07) is 10.3. The second-order valence-electron chi connectivity index (χ2n) is 4.55. The number of nitrogens with zero attached hydrogens (tertiary/aromatic N) is 2. The van der Waals surface area contributed by atoms with Crippen molar-refractivity contribution < 1.29 is 4.79 Å². The lowest BCUT2D eigenvalue weighted by atomic mass is 10.2. The van der Waals surface area contributed by atoms with Crippen LogP contribution in [0, 0.1) is 0 Å². The van der Waals surface area contributed by atoms with E-state index in [0.29, 0.717) is 11.2 Å². The van der Waals surface area contributed by atoms with Gasteiger partial charge in [-0.2, -0.15) is 0 Å². The molecule has 1 amide bonds. The first-order valence-electron chi connectivity index (χ1n) is 6.32. The second-order valence-corrected chi connectivity index (χ2v) is 5.37. The van der Waals surface area contributed by atoms with E-state index in [0.717, 1.165) is 5.52 Å². The molecule has 3 N–H and O–H groups in total. The van der Waals surface area contributed by atoms with Crippen LogP contribution in [0.15, 0.2) is 42.6 Å². The van der Waals surface area contributed by atoms with Gasteiger partial charge >= 0.3 is 0 Å². The number of amides is 1. The number of hydrogen-bond acceptors (Lipinski definition) is 4. The van der Waals surface area contributed by atoms with Gasteiger partial charge in [-0.15, -0.1) is 0 Å². The lowest BCUT2D eigenvalue weighted by Gasteiger charge is -2.08. The predicted molar refractivity (Wildman–Crippen MR) is 88.4 cm³/mol. The van der Waals surface area contributed by atoms with Crippen LogP contribution in [0.5, 0.6) is 0 Å². The lowest BCUT2D eigenvalue weighted by molar-refractivity contribution is 0.102. The fourth-order valence-electron chi connectivity index (χ4n) is 1.92. The summed E-state index contributed by atoms with van der Waals surface area (Å²) in [5, 5.41) is 3.21. The summed E-state index contributed by atoms with van der Waals surface area (Å²) in [5.41, 5.74) is 7.92. The molecular formula is C15H10Cl2N4O. The van der Waals surface area contributed by atoms with Gasteiger partial charge in [0.05, 0.1) is 33.0 Å². The molecule has 0 bridgehead atoms. The average Bonchev–Trinajstić information content (AvgIpc) is 2.52. The zero-order valence-corrected chi connectivity index (χ0v) is 12.7. The number of fused-ring (bicyclic) bond motifs is 1. The van der Waals surface area contributed by atoms with Crippen LogP contribution in [0.1, 0.15) is 10.5 Å². The van der Waals surface area contributed by atoms with Gasteiger partial charge in [0, 0.05) is 5.69 Å². The number of rotatable bonds is 2. The molecule has 0 radical (unpaired) electrons. The molecule has 0 aliphatic rings. The molecule has 7 heteroatoms. The highest BCUT2D eigenvalue weighted by Crippen LogP contribution is 2.31. The molecule has 110 valence electrons. The monoisotopic (exact) mass is 332 g/mol. The number of halogens is 2. The number of hydrogen-bond donors (Lipinski definition) is 2. The van der Waals surface area contributed by atoms with Gasteiger partial charge in [-0.05, 0) is 24.3 Å². The van der Waals surface area contributed by atoms with Crippen molar-refractivity contribution in [1.82, 2.24) is 9.97 Å². The average molecular weight is 333 g/mol. The summed E-state index contributed by atoms with van der Waals surface area (Å²) in [6.45, 7) is 0. The number of para-hydroxylation sites is 2. The van der Waals surface area contributed by atoms with E-state index in [1.165, 1.54) is 18.3 Å². The highest BCUT2D eigenvalue weighted by Gasteiger charge is 2.12. The molecule has 0 fully saturated rings. The molecule has 0 spiro atoms. The Morgan fingerprint density at radius 2 is 1.73 bits per heavy atom. The van der Waals surface area contributed by atoms with E-state index in [1.54, 1.807) is 6.07 Å². The van der Waals surface area contributed by atoms with Gasteiger partial charge in [-0.1, -0.05) is 35.3 Å². The van der Waals surface area contributed by atoms with Gasteiger partial charge in [0.1, 0.15) is 5.69 Å². The van der Waals surface area contributed by atoms with E-state index < -0.39 is 5.91 Å². The maximum absolute atomic E-state index is 12.2. The molecule has 22 heavy (non-hydrogen) atoms. The SMILES string of the molecule is Nc1c(Cl)cc(NC(=O)c2cnc3ccccc3n2)cc1Cl. The molecule has 0 aliphatic heterocycles. The number of nitrogens with one attached hydrogen (secondary N) is 1. The predicted octanol–water partition coefficient (Wildman–Crippen LogP) is 3.77. The number of carbonyl (C=O) groups is 1. The highest BCUT2D eigenvalue weighted by molar-refractivity contribution is 6.39. The molecule has 0 saturated carbocycles. The fraction of sp³-hybridized carbons (Fsp3) is 0. The third kappa shape index (κ3) is 2.81. The first-order chi connectivity index (χ1) is 10.5. The number of anilines is 2. The maximum Gasteiger partial charge on any atom is 0.275 e. The number of nitrogen functional groups attached to an aromatic ring is 1. The van der Waals surface area contributed by atoms with E-state index in [2.05, 4.69) is 15.3 Å². The van der Waals surface area contributed by atoms with E-state index in [1.807, 2.05) is 18.2 Å². The Hall–Kier alpha value is -2.37. The fourth-order valence-corrected chi connectivity index (χ4v) is 2.41. The molecule has 3 rings (SSSR count). The minimum atomic E-state index is -0.407. The molecule has 3 aromatic rings. The van der Waals surface area contributed by atoms with Crippen LogP contribution >= 0.6 is 23.2 Å². The molecule has 0 aliphatic carbocycles. The Morgan fingerprint density at radius 3 is 2.41 bits per heavy atom. The van der Waals surface area contributed by atoms with Crippen LogP contribution < -0.4 is 11.1 Å². The van der Waals surface area contributed by atoms with E-state index >= 15 is 0 Å². The van der Waals surface area contributed by atoms with Crippen molar-refractivity contribution in [3.8, 4) is 0 Å². The quantitative estimate of drug-likeness (QED) is 0.700. The Labute approximate surface area is 136 Å². The Bertz CT molecular complexity index is 859. The number of carbonyl (C=O) groups excluding carboxylic acids is 1. The number of nitrogens with two attached hydrogens (primary N) is 1. The van der Waals surface area contributed by atoms with Crippen molar-refractivity contribution in [3.63, 3.8) is 0 Å². The second kappa shape index (κ2) is 5.79. The van der Waals surface area contributed by atoms with E-state index in [9.17, 15) is 4.79 Å². The molecule has 1 aromatic heterocycles. The minimum Gasteiger partial charge on any atom is -0.396 e. The Kier molecular flexibility index (Phi) is 3.83. The van der Waals surface area contributed by atoms with E-state index in [-0.39, 0.29) is 21.4 Å². The first-order valence-corrected chi connectivity index (χ1v) is 7.08. The zero-order valence-electron chi connectivity index (χ0n) is 11.2. The van der Waals surface area contributed by atoms with Crippen LogP contribution in [-0.4, -0.2) is 15.9 Å². The first kappa shape index (κ1) is 14.6. The summed E-state index contributed by atoms with van der Waals surface area (Å²) >= 11 is 11.9. The van der Waals surface area contributed by atoms with Gasteiger partial charge in [-0.25, -0.2) is 4.98 Å². The molecule has 0 saturated heterocycles. The van der Waals surface area contributed by atoms with Crippen LogP contribution in [0.2, 0.25) is 10.0 Å². The Morgan fingerprint density at radius 1 is 1.09 bits per heavy atom. The number of benzene rings is 2. The summed E-state index contributed by atoms with van der Waals surface area (Å²) < 4.78 is 0. The molecule has 0 atom stereocenters. The number of aromatic nitrogens is 2. The molecular weight excluding hydrogens is 323 g/mol. The smallest absolute Gasteiger partial charge is 0.275 e. The van der Waals surface area contributed by atoms with Gasteiger partial charge in [0.2, 0.25) is 0 Å². The van der Waals surface area contributed by atoms with Crippen LogP contribution in [0.3, 0.4) is 0 Å². The van der Waals surface area contributed by atoms with Crippen molar-refractivity contribution in [2.45, 2.75) is 0 Å². The normalized spacial score (nSPS) is 10.6. The van der Waals surface area contributed by atoms with Gasteiger partial charge in [0.25, 0.3) is 5.91 Å². The minimum absolute atomic E-state index is 0.197. The summed E-state index contributed by atoms with van der Waals surface area (Å²) in [5.74, 6) is -0.407. The van der Waals surface area contributed by atoms with Crippen molar-refractivity contribution in [2.24, 2.45) is 0 Å². The third-order valence-electron chi connectivity index (χ3n) is 3.02. The summed E-state index contributed by atoms with van der Waals surface area (Å²) in [4.78, 5) is 20.7. The van der Waals surface area contributed by atoms with Gasteiger partial charge in [0.15, 0.2) is 0 Å².